The number of nitrogens with one attached hydrogen (secondary N) is 1. The fourth-order valence-corrected chi connectivity index (χ4v) is 3.72. The molecule has 0 amide bonds. The van der Waals surface area contributed by atoms with Crippen LogP contribution in [0.1, 0.15) is 57.1 Å². The van der Waals surface area contributed by atoms with Crippen LogP contribution in [0.5, 0.6) is 5.75 Å². The van der Waals surface area contributed by atoms with Gasteiger partial charge in [-0.1, -0.05) is 38.5 Å². The van der Waals surface area contributed by atoms with Gasteiger partial charge in [0.05, 0.1) is 7.11 Å². The summed E-state index contributed by atoms with van der Waals surface area (Å²) in [4.78, 5) is 0. The molecule has 2 unspecified atom stereocenters. The Hall–Kier alpha value is -1.02. The fraction of sp³-hybridized carbons (Fsp3) is 0.684. The van der Waals surface area contributed by atoms with Crippen molar-refractivity contribution in [2.24, 2.45) is 11.3 Å². The number of methoxy groups -OCH3 is 1. The van der Waals surface area contributed by atoms with Gasteiger partial charge >= 0.3 is 0 Å². The van der Waals surface area contributed by atoms with Crippen LogP contribution in [0.4, 0.5) is 0 Å². The highest BCUT2D eigenvalue weighted by Crippen LogP contribution is 2.48. The summed E-state index contributed by atoms with van der Waals surface area (Å²) in [6, 6.07) is 6.62. The predicted molar refractivity (Wildman–Crippen MR) is 90.1 cm³/mol. The molecule has 2 rings (SSSR count). The van der Waals surface area contributed by atoms with Gasteiger partial charge in [-0.25, -0.2) is 0 Å². The second kappa shape index (κ2) is 6.83. The van der Waals surface area contributed by atoms with Gasteiger partial charge in [0.1, 0.15) is 5.75 Å². The first-order valence-electron chi connectivity index (χ1n) is 8.32. The van der Waals surface area contributed by atoms with Crippen LogP contribution in [0.3, 0.4) is 0 Å². The topological polar surface area (TPSA) is 21.3 Å². The maximum absolute atomic E-state index is 5.65. The van der Waals surface area contributed by atoms with E-state index in [0.717, 1.165) is 18.8 Å². The number of ether oxygens (including phenoxy) is 1. The highest BCUT2D eigenvalue weighted by molar-refractivity contribution is 5.40. The van der Waals surface area contributed by atoms with Gasteiger partial charge in [0, 0.05) is 0 Å². The van der Waals surface area contributed by atoms with Gasteiger partial charge in [0.15, 0.2) is 0 Å². The van der Waals surface area contributed by atoms with E-state index >= 15 is 0 Å². The molecular weight excluding hydrogens is 258 g/mol. The van der Waals surface area contributed by atoms with Gasteiger partial charge in [-0.3, -0.25) is 0 Å². The lowest BCUT2D eigenvalue weighted by Gasteiger charge is -2.41. The molecule has 2 heteroatoms. The van der Waals surface area contributed by atoms with Crippen LogP contribution in [-0.4, -0.2) is 20.2 Å². The van der Waals surface area contributed by atoms with Crippen molar-refractivity contribution in [1.29, 1.82) is 0 Å². The molecule has 0 heterocycles. The van der Waals surface area contributed by atoms with Crippen LogP contribution in [0.15, 0.2) is 18.2 Å². The molecule has 0 saturated heterocycles. The maximum atomic E-state index is 5.65. The summed E-state index contributed by atoms with van der Waals surface area (Å²) in [5, 5.41) is 3.56. The van der Waals surface area contributed by atoms with Gasteiger partial charge in [-0.15, -0.1) is 0 Å². The Morgan fingerprint density at radius 3 is 2.76 bits per heavy atom. The first-order chi connectivity index (χ1) is 9.96. The molecule has 0 aromatic heterocycles. The van der Waals surface area contributed by atoms with E-state index in [1.807, 2.05) is 0 Å². The van der Waals surface area contributed by atoms with E-state index in [9.17, 15) is 0 Å². The Kier molecular flexibility index (Phi) is 5.32. The lowest BCUT2D eigenvalue weighted by atomic mass is 9.65. The smallest absolute Gasteiger partial charge is 0.122 e. The molecule has 0 radical (unpaired) electrons. The van der Waals surface area contributed by atoms with E-state index < -0.39 is 0 Å². The summed E-state index contributed by atoms with van der Waals surface area (Å²) in [5.41, 5.74) is 3.17. The third-order valence-corrected chi connectivity index (χ3v) is 4.97. The zero-order chi connectivity index (χ0) is 15.5. The Morgan fingerprint density at radius 2 is 2.10 bits per heavy atom. The molecule has 2 nitrogen and oxygen atoms in total. The van der Waals surface area contributed by atoms with Crippen molar-refractivity contribution in [2.75, 3.05) is 20.2 Å². The summed E-state index contributed by atoms with van der Waals surface area (Å²) in [7, 11) is 1.79. The van der Waals surface area contributed by atoms with Crippen molar-refractivity contribution in [3.05, 3.63) is 29.3 Å². The van der Waals surface area contributed by atoms with Gasteiger partial charge in [-0.05, 0) is 68.2 Å². The first kappa shape index (κ1) is 16.4. The Bertz CT molecular complexity index is 467. The van der Waals surface area contributed by atoms with Gasteiger partial charge < -0.3 is 10.1 Å². The molecule has 118 valence electrons. The number of hydrogen-bond donors (Lipinski definition) is 1. The molecule has 1 N–H and O–H groups in total. The zero-order valence-electron chi connectivity index (χ0n) is 14.3. The van der Waals surface area contributed by atoms with Crippen molar-refractivity contribution in [3.8, 4) is 5.75 Å². The summed E-state index contributed by atoms with van der Waals surface area (Å²) in [6.07, 6.45) is 3.89. The van der Waals surface area contributed by atoms with Crippen molar-refractivity contribution >= 4 is 0 Å². The maximum Gasteiger partial charge on any atom is 0.122 e. The second-order valence-electron chi connectivity index (χ2n) is 7.33. The van der Waals surface area contributed by atoms with Crippen molar-refractivity contribution in [3.63, 3.8) is 0 Å². The number of rotatable bonds is 5. The minimum atomic E-state index is 0.433. The summed E-state index contributed by atoms with van der Waals surface area (Å²) in [6.45, 7) is 11.4. The molecule has 0 spiro atoms. The Labute approximate surface area is 130 Å². The number of aryl methyl sites for hydroxylation is 1. The summed E-state index contributed by atoms with van der Waals surface area (Å²) < 4.78 is 5.65. The molecule has 1 aromatic carbocycles. The molecule has 1 aromatic rings. The quantitative estimate of drug-likeness (QED) is 0.860. The average molecular weight is 289 g/mol. The molecule has 1 fully saturated rings. The van der Waals surface area contributed by atoms with E-state index in [0.29, 0.717) is 17.3 Å². The molecular formula is C19H31NO. The van der Waals surface area contributed by atoms with Crippen LogP contribution >= 0.6 is 0 Å². The van der Waals surface area contributed by atoms with Crippen LogP contribution in [0.25, 0.3) is 0 Å². The van der Waals surface area contributed by atoms with E-state index in [4.69, 9.17) is 4.74 Å². The number of hydrogen-bond acceptors (Lipinski definition) is 2. The lowest BCUT2D eigenvalue weighted by Crippen LogP contribution is -2.35. The Morgan fingerprint density at radius 1 is 1.33 bits per heavy atom. The highest BCUT2D eigenvalue weighted by Gasteiger charge is 2.36. The van der Waals surface area contributed by atoms with Gasteiger partial charge in [-0.2, -0.15) is 0 Å². The monoisotopic (exact) mass is 289 g/mol. The van der Waals surface area contributed by atoms with Crippen LogP contribution in [-0.2, 0) is 0 Å². The van der Waals surface area contributed by atoms with Gasteiger partial charge in [0.2, 0.25) is 0 Å². The summed E-state index contributed by atoms with van der Waals surface area (Å²) >= 11 is 0. The van der Waals surface area contributed by atoms with E-state index in [2.05, 4.69) is 51.2 Å². The highest BCUT2D eigenvalue weighted by atomic mass is 16.5. The molecule has 1 saturated carbocycles. The lowest BCUT2D eigenvalue weighted by molar-refractivity contribution is 0.158. The average Bonchev–Trinajstić information content (AvgIpc) is 2.45. The van der Waals surface area contributed by atoms with Crippen molar-refractivity contribution < 1.29 is 4.74 Å². The normalized spacial score (nSPS) is 24.8. The van der Waals surface area contributed by atoms with Gasteiger partial charge in [0.25, 0.3) is 0 Å². The second-order valence-corrected chi connectivity index (χ2v) is 7.33. The largest absolute Gasteiger partial charge is 0.496 e. The fourth-order valence-electron chi connectivity index (χ4n) is 3.72. The molecule has 1 aliphatic carbocycles. The molecule has 1 aliphatic rings. The minimum Gasteiger partial charge on any atom is -0.496 e. The van der Waals surface area contributed by atoms with Crippen LogP contribution < -0.4 is 10.1 Å². The summed E-state index contributed by atoms with van der Waals surface area (Å²) in [5.74, 6) is 2.38. The van der Waals surface area contributed by atoms with Crippen LogP contribution in [0, 0.1) is 18.3 Å². The molecule has 21 heavy (non-hydrogen) atoms. The van der Waals surface area contributed by atoms with Crippen molar-refractivity contribution in [2.45, 2.75) is 52.9 Å². The minimum absolute atomic E-state index is 0.433. The van der Waals surface area contributed by atoms with E-state index in [1.165, 1.54) is 30.4 Å². The third-order valence-electron chi connectivity index (χ3n) is 4.97. The standard InChI is InChI=1S/C19H31NO/c1-6-20-13-15-9-10-19(3,4)12-17(15)16-11-14(2)7-8-18(16)21-5/h7-8,11,15,17,20H,6,9-10,12-13H2,1-5H3. The molecule has 0 bridgehead atoms. The zero-order valence-corrected chi connectivity index (χ0v) is 14.3. The Balaban J connectivity index is 2.32. The van der Waals surface area contributed by atoms with Crippen LogP contribution in [0.2, 0.25) is 0 Å². The molecule has 0 aliphatic heterocycles. The third kappa shape index (κ3) is 4.00. The van der Waals surface area contributed by atoms with E-state index in [-0.39, 0.29) is 0 Å². The molecule has 2 atom stereocenters. The number of benzene rings is 1. The van der Waals surface area contributed by atoms with Crippen molar-refractivity contribution in [1.82, 2.24) is 5.32 Å². The van der Waals surface area contributed by atoms with E-state index in [1.54, 1.807) is 7.11 Å². The SMILES string of the molecule is CCNCC1CCC(C)(C)CC1c1cc(C)ccc1OC. The first-order valence-corrected chi connectivity index (χ1v) is 8.32. The predicted octanol–water partition coefficient (Wildman–Crippen LogP) is 4.52.